The predicted octanol–water partition coefficient (Wildman–Crippen LogP) is 2.53. The van der Waals surface area contributed by atoms with E-state index in [9.17, 15) is 9.59 Å². The normalized spacial score (nSPS) is 18.4. The molecule has 0 aromatic rings. The third-order valence-electron chi connectivity index (χ3n) is 3.04. The Morgan fingerprint density at radius 1 is 1.35 bits per heavy atom. The van der Waals surface area contributed by atoms with E-state index in [4.69, 9.17) is 9.84 Å². The van der Waals surface area contributed by atoms with Gasteiger partial charge in [0.25, 0.3) is 0 Å². The average molecular weight is 240 g/mol. The van der Waals surface area contributed by atoms with Crippen LogP contribution in [0.2, 0.25) is 0 Å². The van der Waals surface area contributed by atoms with E-state index in [0.717, 1.165) is 25.7 Å². The SMILES string of the molecule is C=CCC(CC(=O)O)C(=O)OC1CCCCC1. The summed E-state index contributed by atoms with van der Waals surface area (Å²) in [5.41, 5.74) is 0. The molecule has 4 heteroatoms. The number of carboxylic acid groups (broad SMARTS) is 1. The van der Waals surface area contributed by atoms with Gasteiger partial charge in [0.15, 0.2) is 0 Å². The maximum atomic E-state index is 11.8. The van der Waals surface area contributed by atoms with Crippen LogP contribution in [0.25, 0.3) is 0 Å². The van der Waals surface area contributed by atoms with Crippen LogP contribution in [-0.4, -0.2) is 23.1 Å². The van der Waals surface area contributed by atoms with Crippen molar-refractivity contribution in [3.63, 3.8) is 0 Å². The first-order valence-corrected chi connectivity index (χ1v) is 6.16. The molecule has 0 spiro atoms. The zero-order valence-electron chi connectivity index (χ0n) is 10.1. The fraction of sp³-hybridized carbons (Fsp3) is 0.692. The van der Waals surface area contributed by atoms with Gasteiger partial charge in [-0.2, -0.15) is 0 Å². The molecule has 96 valence electrons. The number of carboxylic acids is 1. The van der Waals surface area contributed by atoms with E-state index in [1.165, 1.54) is 6.42 Å². The molecule has 0 aromatic carbocycles. The van der Waals surface area contributed by atoms with Crippen LogP contribution in [0.1, 0.15) is 44.9 Å². The summed E-state index contributed by atoms with van der Waals surface area (Å²) in [4.78, 5) is 22.4. The fourth-order valence-corrected chi connectivity index (χ4v) is 2.12. The summed E-state index contributed by atoms with van der Waals surface area (Å²) in [6.07, 6.45) is 6.90. The van der Waals surface area contributed by atoms with Gasteiger partial charge in [0, 0.05) is 0 Å². The van der Waals surface area contributed by atoms with Gasteiger partial charge in [-0.15, -0.1) is 6.58 Å². The molecule has 0 heterocycles. The minimum Gasteiger partial charge on any atom is -0.481 e. The van der Waals surface area contributed by atoms with Gasteiger partial charge in [0.2, 0.25) is 0 Å². The van der Waals surface area contributed by atoms with Gasteiger partial charge < -0.3 is 9.84 Å². The van der Waals surface area contributed by atoms with E-state index < -0.39 is 11.9 Å². The number of carbonyl (C=O) groups excluding carboxylic acids is 1. The largest absolute Gasteiger partial charge is 0.481 e. The van der Waals surface area contributed by atoms with Crippen LogP contribution in [0.5, 0.6) is 0 Å². The lowest BCUT2D eigenvalue weighted by molar-refractivity contribution is -0.158. The Kier molecular flexibility index (Phi) is 5.73. The van der Waals surface area contributed by atoms with Crippen LogP contribution in [-0.2, 0) is 14.3 Å². The molecule has 1 rings (SSSR count). The molecule has 17 heavy (non-hydrogen) atoms. The standard InChI is InChI=1S/C13H20O4/c1-2-6-10(9-12(14)15)13(16)17-11-7-4-3-5-8-11/h2,10-11H,1,3-9H2,(H,14,15). The molecule has 0 aliphatic heterocycles. The maximum Gasteiger partial charge on any atom is 0.310 e. The van der Waals surface area contributed by atoms with E-state index >= 15 is 0 Å². The number of hydrogen-bond donors (Lipinski definition) is 1. The number of aliphatic carboxylic acids is 1. The Morgan fingerprint density at radius 3 is 2.53 bits per heavy atom. The van der Waals surface area contributed by atoms with Crippen molar-refractivity contribution in [2.75, 3.05) is 0 Å². The van der Waals surface area contributed by atoms with Gasteiger partial charge in [-0.05, 0) is 32.1 Å². The maximum absolute atomic E-state index is 11.8. The summed E-state index contributed by atoms with van der Waals surface area (Å²) in [6, 6.07) is 0. The van der Waals surface area contributed by atoms with Crippen LogP contribution >= 0.6 is 0 Å². The van der Waals surface area contributed by atoms with Crippen molar-refractivity contribution in [1.29, 1.82) is 0 Å². The van der Waals surface area contributed by atoms with Crippen molar-refractivity contribution in [3.05, 3.63) is 12.7 Å². The van der Waals surface area contributed by atoms with Crippen LogP contribution < -0.4 is 0 Å². The van der Waals surface area contributed by atoms with Crippen LogP contribution in [0.4, 0.5) is 0 Å². The highest BCUT2D eigenvalue weighted by atomic mass is 16.5. The molecular formula is C13H20O4. The topological polar surface area (TPSA) is 63.6 Å². The van der Waals surface area contributed by atoms with Gasteiger partial charge >= 0.3 is 11.9 Å². The smallest absolute Gasteiger partial charge is 0.310 e. The number of rotatable bonds is 6. The van der Waals surface area contributed by atoms with E-state index in [1.54, 1.807) is 6.08 Å². The number of esters is 1. The van der Waals surface area contributed by atoms with Crippen molar-refractivity contribution in [1.82, 2.24) is 0 Å². The molecule has 0 saturated heterocycles. The van der Waals surface area contributed by atoms with Crippen molar-refractivity contribution >= 4 is 11.9 Å². The Morgan fingerprint density at radius 2 is 2.00 bits per heavy atom. The molecule has 4 nitrogen and oxygen atoms in total. The summed E-state index contributed by atoms with van der Waals surface area (Å²) in [5.74, 6) is -1.96. The number of ether oxygens (including phenoxy) is 1. The molecular weight excluding hydrogens is 220 g/mol. The Hall–Kier alpha value is -1.32. The lowest BCUT2D eigenvalue weighted by Crippen LogP contribution is -2.27. The van der Waals surface area contributed by atoms with Crippen molar-refractivity contribution in [2.24, 2.45) is 5.92 Å². The quantitative estimate of drug-likeness (QED) is 0.572. The molecule has 1 fully saturated rings. The van der Waals surface area contributed by atoms with Crippen molar-refractivity contribution in [3.8, 4) is 0 Å². The van der Waals surface area contributed by atoms with Gasteiger partial charge in [0.1, 0.15) is 6.10 Å². The molecule has 0 aromatic heterocycles. The summed E-state index contributed by atoms with van der Waals surface area (Å²) < 4.78 is 5.36. The van der Waals surface area contributed by atoms with Gasteiger partial charge in [-0.25, -0.2) is 0 Å². The molecule has 1 saturated carbocycles. The molecule has 0 radical (unpaired) electrons. The molecule has 1 N–H and O–H groups in total. The second-order valence-electron chi connectivity index (χ2n) is 4.52. The van der Waals surface area contributed by atoms with Crippen LogP contribution in [0.3, 0.4) is 0 Å². The fourth-order valence-electron chi connectivity index (χ4n) is 2.12. The Bertz CT molecular complexity index is 279. The third kappa shape index (κ3) is 5.02. The summed E-state index contributed by atoms with van der Waals surface area (Å²) >= 11 is 0. The second-order valence-corrected chi connectivity index (χ2v) is 4.52. The van der Waals surface area contributed by atoms with Gasteiger partial charge in [-0.3, -0.25) is 9.59 Å². The average Bonchev–Trinajstić information content (AvgIpc) is 2.29. The number of carbonyl (C=O) groups is 2. The first-order valence-electron chi connectivity index (χ1n) is 6.16. The summed E-state index contributed by atoms with van der Waals surface area (Å²) in [7, 11) is 0. The lowest BCUT2D eigenvalue weighted by atomic mass is 9.97. The number of allylic oxidation sites excluding steroid dienone is 1. The summed E-state index contributed by atoms with van der Waals surface area (Å²) in [5, 5.41) is 8.72. The first-order chi connectivity index (χ1) is 8.13. The van der Waals surface area contributed by atoms with Crippen LogP contribution in [0, 0.1) is 5.92 Å². The molecule has 0 bridgehead atoms. The second kappa shape index (κ2) is 7.09. The van der Waals surface area contributed by atoms with Crippen molar-refractivity contribution < 1.29 is 19.4 Å². The monoisotopic (exact) mass is 240 g/mol. The molecule has 0 amide bonds. The zero-order valence-corrected chi connectivity index (χ0v) is 10.1. The summed E-state index contributed by atoms with van der Waals surface area (Å²) in [6.45, 7) is 3.54. The lowest BCUT2D eigenvalue weighted by Gasteiger charge is -2.23. The van der Waals surface area contributed by atoms with Gasteiger partial charge in [-0.1, -0.05) is 12.5 Å². The van der Waals surface area contributed by atoms with Crippen molar-refractivity contribution in [2.45, 2.75) is 51.0 Å². The number of hydrogen-bond acceptors (Lipinski definition) is 3. The third-order valence-corrected chi connectivity index (χ3v) is 3.04. The predicted molar refractivity (Wildman–Crippen MR) is 63.5 cm³/mol. The highest BCUT2D eigenvalue weighted by molar-refractivity contribution is 5.79. The highest BCUT2D eigenvalue weighted by Gasteiger charge is 2.25. The van der Waals surface area contributed by atoms with E-state index in [2.05, 4.69) is 6.58 Å². The Balaban J connectivity index is 2.45. The zero-order chi connectivity index (χ0) is 12.7. The molecule has 1 aliphatic carbocycles. The molecule has 1 aliphatic rings. The van der Waals surface area contributed by atoms with Gasteiger partial charge in [0.05, 0.1) is 12.3 Å². The first kappa shape index (κ1) is 13.7. The van der Waals surface area contributed by atoms with E-state index in [-0.39, 0.29) is 18.5 Å². The van der Waals surface area contributed by atoms with Crippen LogP contribution in [0.15, 0.2) is 12.7 Å². The van der Waals surface area contributed by atoms with E-state index in [0.29, 0.717) is 6.42 Å². The minimum absolute atomic E-state index is 0.0163. The highest BCUT2D eigenvalue weighted by Crippen LogP contribution is 2.22. The molecule has 1 atom stereocenters. The van der Waals surface area contributed by atoms with E-state index in [1.807, 2.05) is 0 Å². The Labute approximate surface area is 102 Å². The molecule has 1 unspecified atom stereocenters. The minimum atomic E-state index is -0.975.